The molecule has 16 heteroatoms. The molecule has 1 rings (SSSR count). The van der Waals surface area contributed by atoms with E-state index in [0.717, 1.165) is 98.2 Å². The van der Waals surface area contributed by atoms with Gasteiger partial charge in [-0.2, -0.15) is 0 Å². The van der Waals surface area contributed by atoms with E-state index in [1.165, 1.54) is 47.3 Å². The Balaban J connectivity index is 0. The van der Waals surface area contributed by atoms with Gasteiger partial charge in [0.1, 0.15) is 12.1 Å². The molecule has 52 heavy (non-hydrogen) atoms. The number of nitrogens with zero attached hydrogens (tertiary/aromatic N) is 2. The molecule has 0 aromatic carbocycles. The molecule has 2 amide bonds. The lowest BCUT2D eigenvalue weighted by atomic mass is 10.1. The first-order chi connectivity index (χ1) is 24.2. The highest BCUT2D eigenvalue weighted by atomic mass is 35.5. The Hall–Kier alpha value is -1.52. The molecule has 0 aromatic heterocycles. The van der Waals surface area contributed by atoms with Gasteiger partial charge in [0.05, 0.1) is 13.2 Å². The lowest BCUT2D eigenvalue weighted by Crippen LogP contribution is -2.32. The first kappa shape index (κ1) is 52.6. The maximum atomic E-state index is 12.6. The fraction of sp³-hybridized carbons (Fsp3) is 0.778. The Morgan fingerprint density at radius 3 is 1.27 bits per heavy atom. The predicted octanol–water partition coefficient (Wildman–Crippen LogP) is 6.29. The molecule has 1 aliphatic rings. The maximum Gasteiger partial charge on any atom is 0.322 e. The van der Waals surface area contributed by atoms with E-state index in [2.05, 4.69) is 0 Å². The number of allylic oxidation sites excluding steroid dienone is 2. The zero-order valence-electron chi connectivity index (χ0n) is 31.6. The zero-order chi connectivity index (χ0) is 37.0. The third-order valence-electron chi connectivity index (χ3n) is 8.90. The molecule has 0 bridgehead atoms. The quantitative estimate of drug-likeness (QED) is 0.0524. The van der Waals surface area contributed by atoms with Crippen molar-refractivity contribution in [3.05, 3.63) is 21.2 Å². The van der Waals surface area contributed by atoms with Crippen LogP contribution in [-0.2, 0) is 28.7 Å². The Morgan fingerprint density at radius 1 is 0.635 bits per heavy atom. The van der Waals surface area contributed by atoms with Crippen LogP contribution in [0.5, 0.6) is 0 Å². The summed E-state index contributed by atoms with van der Waals surface area (Å²) in [5, 5.41) is 0. The van der Waals surface area contributed by atoms with Crippen LogP contribution >= 0.6 is 46.4 Å². The number of nitrogens with two attached hydrogens (primary N) is 4. The average molecular weight is 816 g/mol. The van der Waals surface area contributed by atoms with Crippen molar-refractivity contribution in [1.82, 2.24) is 9.80 Å². The van der Waals surface area contributed by atoms with Crippen LogP contribution in [0.4, 0.5) is 0 Å². The van der Waals surface area contributed by atoms with Crippen LogP contribution in [0.25, 0.3) is 0 Å². The Morgan fingerprint density at radius 2 is 0.962 bits per heavy atom. The van der Waals surface area contributed by atoms with Crippen LogP contribution in [0.15, 0.2) is 21.2 Å². The van der Waals surface area contributed by atoms with E-state index < -0.39 is 24.0 Å². The molecule has 12 nitrogen and oxygen atoms in total. The smallest absolute Gasteiger partial charge is 0.322 e. The SMILES string of the molecule is C/C1=C(\CCOC(=O)[C@@H](N)CCCCN)SS/C(CCOC(=O)[C@@H](N)CCCCN)=C(/C)N(C=O)CCCCCCCCCCCCN1C=O.Cl.Cl. The molecule has 0 fully saturated rings. The second-order valence-electron chi connectivity index (χ2n) is 12.9. The number of halogens is 2. The molecule has 8 N–H and O–H groups in total. The van der Waals surface area contributed by atoms with Crippen molar-refractivity contribution in [2.45, 2.75) is 142 Å². The van der Waals surface area contributed by atoms with Gasteiger partial charge in [-0.15, -0.1) is 24.8 Å². The predicted molar refractivity (Wildman–Crippen MR) is 220 cm³/mol. The molecular formula is C36H68Cl2N6O6S2. The van der Waals surface area contributed by atoms with Crippen LogP contribution < -0.4 is 22.9 Å². The van der Waals surface area contributed by atoms with Gasteiger partial charge in [-0.1, -0.05) is 85.8 Å². The normalized spacial score (nSPS) is 20.0. The fourth-order valence-corrected chi connectivity index (χ4v) is 8.36. The van der Waals surface area contributed by atoms with E-state index in [0.29, 0.717) is 51.9 Å². The van der Waals surface area contributed by atoms with E-state index >= 15 is 0 Å². The minimum Gasteiger partial charge on any atom is -0.464 e. The highest BCUT2D eigenvalue weighted by molar-refractivity contribution is 8.79. The number of rotatable bonds is 18. The van der Waals surface area contributed by atoms with Gasteiger partial charge >= 0.3 is 11.9 Å². The topological polar surface area (TPSA) is 197 Å². The lowest BCUT2D eigenvalue weighted by Gasteiger charge is -2.24. The van der Waals surface area contributed by atoms with E-state index in [4.69, 9.17) is 32.4 Å². The number of carbonyl (C=O) groups is 4. The summed E-state index contributed by atoms with van der Waals surface area (Å²) in [5.41, 5.74) is 24.8. The van der Waals surface area contributed by atoms with Crippen molar-refractivity contribution in [3.8, 4) is 0 Å². The third kappa shape index (κ3) is 23.3. The number of amides is 2. The second-order valence-corrected chi connectivity index (χ2v) is 15.3. The number of unbranched alkanes of at least 4 members (excludes halogenated alkanes) is 2. The molecule has 304 valence electrons. The standard InChI is InChI=1S/C36H66N6O6S2.2ClH/c1-29-33(19-25-47-35(45)31(39)17-11-13-21-37)49-50-34(20-26-48-36(46)32(40)18-12-14-22-38)30(2)42(28-44)24-16-10-8-6-4-3-5-7-9-15-23-41(29)27-43;;/h27-28,31-32H,3-26,37-40H2,1-2H3;2*1H/b33-29-,34-30-;;/t31-,32-;;/m0../s1. The molecule has 0 saturated heterocycles. The Labute approximate surface area is 333 Å². The highest BCUT2D eigenvalue weighted by Gasteiger charge is 2.20. The molecular weight excluding hydrogens is 747 g/mol. The number of ether oxygens (including phenoxy) is 2. The van der Waals surface area contributed by atoms with Gasteiger partial charge in [-0.05, 0) is 65.5 Å². The largest absolute Gasteiger partial charge is 0.464 e. The molecule has 0 saturated carbocycles. The summed E-state index contributed by atoms with van der Waals surface area (Å²) in [4.78, 5) is 55.0. The van der Waals surface area contributed by atoms with Crippen molar-refractivity contribution >= 4 is 71.2 Å². The molecule has 0 aromatic rings. The van der Waals surface area contributed by atoms with E-state index in [1.807, 2.05) is 13.8 Å². The molecule has 2 atom stereocenters. The molecule has 0 spiro atoms. The first-order valence-corrected chi connectivity index (χ1v) is 20.8. The molecule has 0 unspecified atom stereocenters. The molecule has 1 heterocycles. The van der Waals surface area contributed by atoms with Crippen molar-refractivity contribution in [2.24, 2.45) is 22.9 Å². The summed E-state index contributed by atoms with van der Waals surface area (Å²) in [7, 11) is 2.92. The van der Waals surface area contributed by atoms with Crippen molar-refractivity contribution in [1.29, 1.82) is 0 Å². The fourth-order valence-electron chi connectivity index (χ4n) is 5.52. The minimum absolute atomic E-state index is 0. The van der Waals surface area contributed by atoms with Crippen molar-refractivity contribution in [2.75, 3.05) is 39.4 Å². The van der Waals surface area contributed by atoms with E-state index in [-0.39, 0.29) is 38.0 Å². The number of hydrogen-bond donors (Lipinski definition) is 4. The van der Waals surface area contributed by atoms with E-state index in [9.17, 15) is 19.2 Å². The van der Waals surface area contributed by atoms with Gasteiger partial charge in [0.2, 0.25) is 12.8 Å². The molecule has 0 radical (unpaired) electrons. The molecule has 0 aliphatic carbocycles. The van der Waals surface area contributed by atoms with Crippen LogP contribution in [-0.4, -0.2) is 86.0 Å². The average Bonchev–Trinajstić information content (AvgIpc) is 3.11. The number of hydrogen-bond acceptors (Lipinski definition) is 12. The second kappa shape index (κ2) is 34.0. The summed E-state index contributed by atoms with van der Waals surface area (Å²) in [6, 6.07) is -1.43. The summed E-state index contributed by atoms with van der Waals surface area (Å²) < 4.78 is 11.1. The van der Waals surface area contributed by atoms with E-state index in [1.54, 1.807) is 9.80 Å². The van der Waals surface area contributed by atoms with Crippen molar-refractivity contribution < 1.29 is 28.7 Å². The van der Waals surface area contributed by atoms with Crippen molar-refractivity contribution in [3.63, 3.8) is 0 Å². The monoisotopic (exact) mass is 814 g/mol. The van der Waals surface area contributed by atoms with Gasteiger partial charge in [-0.25, -0.2) is 0 Å². The van der Waals surface area contributed by atoms with Crippen LogP contribution in [0, 0.1) is 0 Å². The van der Waals surface area contributed by atoms with Crippen LogP contribution in [0.1, 0.15) is 129 Å². The summed E-state index contributed by atoms with van der Waals surface area (Å²) >= 11 is 0. The number of esters is 2. The van der Waals surface area contributed by atoms with Crippen LogP contribution in [0.2, 0.25) is 0 Å². The Kier molecular flexibility index (Phi) is 34.4. The van der Waals surface area contributed by atoms with Gasteiger partial charge in [0, 0.05) is 47.1 Å². The molecule has 1 aliphatic heterocycles. The van der Waals surface area contributed by atoms with Gasteiger partial charge in [-0.3, -0.25) is 19.2 Å². The third-order valence-corrected chi connectivity index (χ3v) is 11.8. The summed E-state index contributed by atoms with van der Waals surface area (Å²) in [6.45, 7) is 6.31. The maximum absolute atomic E-state index is 12.6. The Bertz CT molecular complexity index is 979. The van der Waals surface area contributed by atoms with Gasteiger partial charge in [0.25, 0.3) is 0 Å². The number of carbonyl (C=O) groups excluding carboxylic acids is 4. The first-order valence-electron chi connectivity index (χ1n) is 18.6. The summed E-state index contributed by atoms with van der Waals surface area (Å²) in [6.07, 6.45) is 17.5. The minimum atomic E-state index is -0.716. The van der Waals surface area contributed by atoms with Crippen LogP contribution in [0.3, 0.4) is 0 Å². The lowest BCUT2D eigenvalue weighted by molar-refractivity contribution is -0.146. The zero-order valence-corrected chi connectivity index (χ0v) is 34.8. The highest BCUT2D eigenvalue weighted by Crippen LogP contribution is 2.43. The van der Waals surface area contributed by atoms with Gasteiger partial charge in [0.15, 0.2) is 0 Å². The summed E-state index contributed by atoms with van der Waals surface area (Å²) in [5.74, 6) is -0.920. The van der Waals surface area contributed by atoms with Gasteiger partial charge < -0.3 is 42.2 Å².